The molecule has 3 aliphatic carbocycles. The molecule has 3 saturated carbocycles. The number of hydrogen-bond donors (Lipinski definition) is 0. The molecule has 2 nitrogen and oxygen atoms in total. The quantitative estimate of drug-likeness (QED) is 0.529. The molecular formula is C6H7ClO2. The summed E-state index contributed by atoms with van der Waals surface area (Å²) in [6.07, 6.45) is 3.14. The molecule has 0 unspecified atom stereocenters. The van der Waals surface area contributed by atoms with E-state index in [1.165, 1.54) is 0 Å². The summed E-state index contributed by atoms with van der Waals surface area (Å²) in [5.74, 6) is 0.834. The minimum atomic E-state index is -0.645. The zero-order valence-electron chi connectivity index (χ0n) is 4.89. The highest BCUT2D eigenvalue weighted by Gasteiger charge is 2.59. The van der Waals surface area contributed by atoms with Crippen molar-refractivity contribution in [3.8, 4) is 0 Å². The van der Waals surface area contributed by atoms with Crippen molar-refractivity contribution in [1.29, 1.82) is 0 Å². The van der Waals surface area contributed by atoms with Crippen molar-refractivity contribution in [1.82, 2.24) is 0 Å². The van der Waals surface area contributed by atoms with E-state index in [2.05, 4.69) is 0 Å². The van der Waals surface area contributed by atoms with E-state index < -0.39 is 5.43 Å². The second kappa shape index (κ2) is 1.43. The molecule has 50 valence electrons. The Balaban J connectivity index is 1.92. The van der Waals surface area contributed by atoms with Crippen LogP contribution in [-0.2, 0) is 4.74 Å². The van der Waals surface area contributed by atoms with Gasteiger partial charge in [-0.15, -0.1) is 0 Å². The summed E-state index contributed by atoms with van der Waals surface area (Å²) in [7, 11) is 0. The molecule has 0 N–H and O–H groups in total. The summed E-state index contributed by atoms with van der Waals surface area (Å²) < 4.78 is 4.87. The summed E-state index contributed by atoms with van der Waals surface area (Å²) in [5, 5.41) is 0. The zero-order chi connectivity index (χ0) is 6.48. The van der Waals surface area contributed by atoms with E-state index in [-0.39, 0.29) is 5.60 Å². The standard InChI is InChI=1S/C6H7ClO2/c7-5(8)9-6-1-4(2-6)3-6/h4H,1-3H2. The number of ether oxygens (including phenoxy) is 1. The van der Waals surface area contributed by atoms with Crippen molar-refractivity contribution < 1.29 is 9.53 Å². The van der Waals surface area contributed by atoms with Gasteiger partial charge in [0, 0.05) is 11.6 Å². The molecule has 2 bridgehead atoms. The Morgan fingerprint density at radius 3 is 2.22 bits per heavy atom. The molecule has 0 aromatic carbocycles. The normalized spacial score (nSPS) is 44.8. The fourth-order valence-corrected chi connectivity index (χ4v) is 1.86. The first kappa shape index (κ1) is 5.54. The number of rotatable bonds is 1. The van der Waals surface area contributed by atoms with E-state index in [9.17, 15) is 4.79 Å². The Kier molecular flexibility index (Phi) is 0.878. The summed E-state index contributed by atoms with van der Waals surface area (Å²) in [6, 6.07) is 0. The first-order valence-corrected chi connectivity index (χ1v) is 3.46. The molecule has 0 spiro atoms. The van der Waals surface area contributed by atoms with Gasteiger partial charge in [-0.2, -0.15) is 0 Å². The van der Waals surface area contributed by atoms with Crippen LogP contribution in [0.2, 0.25) is 0 Å². The average molecular weight is 147 g/mol. The van der Waals surface area contributed by atoms with E-state index in [4.69, 9.17) is 16.3 Å². The summed E-state index contributed by atoms with van der Waals surface area (Å²) in [5.41, 5.74) is -0.739. The monoisotopic (exact) mass is 146 g/mol. The van der Waals surface area contributed by atoms with Gasteiger partial charge in [-0.3, -0.25) is 0 Å². The smallest absolute Gasteiger partial charge is 0.404 e. The van der Waals surface area contributed by atoms with Crippen LogP contribution in [-0.4, -0.2) is 11.0 Å². The Bertz CT molecular complexity index is 149. The van der Waals surface area contributed by atoms with Crippen LogP contribution in [0.3, 0.4) is 0 Å². The number of carbonyl (C=O) groups excluding carboxylic acids is 1. The Morgan fingerprint density at radius 1 is 1.56 bits per heavy atom. The maximum absolute atomic E-state index is 10.2. The zero-order valence-corrected chi connectivity index (χ0v) is 5.65. The molecule has 0 radical (unpaired) electrons. The van der Waals surface area contributed by atoms with Crippen LogP contribution in [0.15, 0.2) is 0 Å². The van der Waals surface area contributed by atoms with Crippen LogP contribution in [0.5, 0.6) is 0 Å². The molecule has 3 rings (SSSR count). The Labute approximate surface area is 58.1 Å². The largest absolute Gasteiger partial charge is 0.447 e. The van der Waals surface area contributed by atoms with Crippen LogP contribution in [0.4, 0.5) is 4.79 Å². The van der Waals surface area contributed by atoms with Crippen LogP contribution in [0, 0.1) is 5.92 Å². The van der Waals surface area contributed by atoms with Crippen molar-refractivity contribution in [3.05, 3.63) is 0 Å². The van der Waals surface area contributed by atoms with Gasteiger partial charge >= 0.3 is 5.43 Å². The van der Waals surface area contributed by atoms with Gasteiger partial charge in [-0.25, -0.2) is 4.79 Å². The fraction of sp³-hybridized carbons (Fsp3) is 0.833. The molecule has 9 heavy (non-hydrogen) atoms. The second-order valence-corrected chi connectivity index (χ2v) is 3.31. The molecule has 0 amide bonds. The van der Waals surface area contributed by atoms with Gasteiger partial charge in [0.05, 0.1) is 0 Å². The van der Waals surface area contributed by atoms with Crippen molar-refractivity contribution in [2.75, 3.05) is 0 Å². The third kappa shape index (κ3) is 0.659. The van der Waals surface area contributed by atoms with Gasteiger partial charge in [-0.05, 0) is 25.2 Å². The maximum atomic E-state index is 10.2. The minimum absolute atomic E-state index is 0.0938. The highest BCUT2D eigenvalue weighted by molar-refractivity contribution is 6.61. The lowest BCUT2D eigenvalue weighted by Crippen LogP contribution is -2.60. The number of carbonyl (C=O) groups is 1. The molecule has 0 heterocycles. The van der Waals surface area contributed by atoms with E-state index in [0.29, 0.717) is 0 Å². The first-order valence-electron chi connectivity index (χ1n) is 3.09. The molecule has 0 aromatic rings. The maximum Gasteiger partial charge on any atom is 0.404 e. The number of halogens is 1. The first-order chi connectivity index (χ1) is 4.20. The van der Waals surface area contributed by atoms with Gasteiger partial charge < -0.3 is 4.74 Å². The third-order valence-electron chi connectivity index (χ3n) is 2.28. The lowest BCUT2D eigenvalue weighted by Gasteiger charge is -2.59. The SMILES string of the molecule is O=C(Cl)OC12CC(C1)C2. The summed E-state index contributed by atoms with van der Waals surface area (Å²) in [6.45, 7) is 0. The van der Waals surface area contributed by atoms with Crippen LogP contribution < -0.4 is 0 Å². The Morgan fingerprint density at radius 2 is 2.11 bits per heavy atom. The van der Waals surface area contributed by atoms with Crippen LogP contribution in [0.25, 0.3) is 0 Å². The van der Waals surface area contributed by atoms with Crippen molar-refractivity contribution in [2.45, 2.75) is 24.9 Å². The highest BCUT2D eigenvalue weighted by Crippen LogP contribution is 2.59. The molecule has 3 aliphatic rings. The molecule has 0 aliphatic heterocycles. The number of hydrogen-bond acceptors (Lipinski definition) is 2. The molecular weight excluding hydrogens is 140 g/mol. The molecule has 0 aromatic heterocycles. The predicted octanol–water partition coefficient (Wildman–Crippen LogP) is 1.91. The molecule has 3 fully saturated rings. The van der Waals surface area contributed by atoms with Gasteiger partial charge in [0.15, 0.2) is 0 Å². The fourth-order valence-electron chi connectivity index (χ4n) is 1.69. The van der Waals surface area contributed by atoms with E-state index >= 15 is 0 Å². The molecule has 0 saturated heterocycles. The highest BCUT2D eigenvalue weighted by atomic mass is 35.5. The summed E-state index contributed by atoms with van der Waals surface area (Å²) >= 11 is 5.04. The van der Waals surface area contributed by atoms with Gasteiger partial charge in [0.2, 0.25) is 0 Å². The minimum Gasteiger partial charge on any atom is -0.447 e. The van der Waals surface area contributed by atoms with Crippen LogP contribution in [0.1, 0.15) is 19.3 Å². The lowest BCUT2D eigenvalue weighted by atomic mass is 9.52. The van der Waals surface area contributed by atoms with Gasteiger partial charge in [0.25, 0.3) is 0 Å². The van der Waals surface area contributed by atoms with E-state index in [1.807, 2.05) is 0 Å². The second-order valence-electron chi connectivity index (χ2n) is 3.00. The average Bonchev–Trinajstić information content (AvgIpc) is 1.50. The van der Waals surface area contributed by atoms with Crippen molar-refractivity contribution in [3.63, 3.8) is 0 Å². The summed E-state index contributed by atoms with van der Waals surface area (Å²) in [4.78, 5) is 10.2. The molecule has 0 atom stereocenters. The Hall–Kier alpha value is -0.240. The van der Waals surface area contributed by atoms with Gasteiger partial charge in [0.1, 0.15) is 5.60 Å². The van der Waals surface area contributed by atoms with E-state index in [0.717, 1.165) is 25.2 Å². The van der Waals surface area contributed by atoms with Crippen molar-refractivity contribution in [2.24, 2.45) is 5.92 Å². The van der Waals surface area contributed by atoms with E-state index in [1.54, 1.807) is 0 Å². The third-order valence-corrected chi connectivity index (χ3v) is 2.36. The molecule has 3 heteroatoms. The van der Waals surface area contributed by atoms with Gasteiger partial charge in [-0.1, -0.05) is 0 Å². The topological polar surface area (TPSA) is 26.3 Å². The lowest BCUT2D eigenvalue weighted by molar-refractivity contribution is -0.183. The predicted molar refractivity (Wildman–Crippen MR) is 32.4 cm³/mol. The van der Waals surface area contributed by atoms with Crippen molar-refractivity contribution >= 4 is 17.0 Å². The van der Waals surface area contributed by atoms with Crippen LogP contribution >= 0.6 is 11.6 Å².